The highest BCUT2D eigenvalue weighted by Gasteiger charge is 2.29. The zero-order valence-electron chi connectivity index (χ0n) is 8.50. The lowest BCUT2D eigenvalue weighted by atomic mass is 9.98. The van der Waals surface area contributed by atoms with Crippen LogP contribution in [0.1, 0.15) is 26.0 Å². The molecule has 80 valence electrons. The Labute approximate surface area is 88.7 Å². The predicted molar refractivity (Wildman–Crippen MR) is 56.2 cm³/mol. The van der Waals surface area contributed by atoms with Crippen LogP contribution in [-0.4, -0.2) is 21.4 Å². The van der Waals surface area contributed by atoms with Crippen molar-refractivity contribution in [2.24, 2.45) is 5.73 Å². The smallest absolute Gasteiger partial charge is 0.106 e. The standard InChI is InChI=1S/C9H16ClN3O/c1-3-13-8(7(10)6-12-13)9(2,14)4-5-11/h6,14H,3-5,11H2,1-2H3. The Balaban J connectivity index is 3.08. The molecule has 0 saturated carbocycles. The molecule has 5 heteroatoms. The van der Waals surface area contributed by atoms with Gasteiger partial charge in [0.25, 0.3) is 0 Å². The Morgan fingerprint density at radius 2 is 2.36 bits per heavy atom. The lowest BCUT2D eigenvalue weighted by molar-refractivity contribution is 0.0411. The van der Waals surface area contributed by atoms with E-state index in [0.29, 0.717) is 30.2 Å². The van der Waals surface area contributed by atoms with Crippen LogP contribution in [0.3, 0.4) is 0 Å². The highest BCUT2D eigenvalue weighted by atomic mass is 35.5. The maximum absolute atomic E-state index is 10.1. The number of hydrogen-bond donors (Lipinski definition) is 2. The lowest BCUT2D eigenvalue weighted by Crippen LogP contribution is -2.28. The summed E-state index contributed by atoms with van der Waals surface area (Å²) < 4.78 is 1.69. The number of aryl methyl sites for hydroxylation is 1. The van der Waals surface area contributed by atoms with E-state index >= 15 is 0 Å². The van der Waals surface area contributed by atoms with E-state index in [4.69, 9.17) is 17.3 Å². The molecule has 0 amide bonds. The van der Waals surface area contributed by atoms with E-state index in [1.807, 2.05) is 6.92 Å². The summed E-state index contributed by atoms with van der Waals surface area (Å²) in [7, 11) is 0. The van der Waals surface area contributed by atoms with Gasteiger partial charge in [-0.25, -0.2) is 0 Å². The van der Waals surface area contributed by atoms with Gasteiger partial charge in [-0.2, -0.15) is 5.10 Å². The van der Waals surface area contributed by atoms with Crippen LogP contribution in [0.2, 0.25) is 5.02 Å². The maximum atomic E-state index is 10.1. The second-order valence-corrected chi connectivity index (χ2v) is 3.88. The van der Waals surface area contributed by atoms with Gasteiger partial charge in [0.05, 0.1) is 16.9 Å². The fourth-order valence-electron chi connectivity index (χ4n) is 1.54. The van der Waals surface area contributed by atoms with E-state index in [2.05, 4.69) is 5.10 Å². The van der Waals surface area contributed by atoms with E-state index in [1.165, 1.54) is 0 Å². The molecule has 1 heterocycles. The van der Waals surface area contributed by atoms with Crippen molar-refractivity contribution in [2.75, 3.05) is 6.54 Å². The summed E-state index contributed by atoms with van der Waals surface area (Å²) in [4.78, 5) is 0. The zero-order chi connectivity index (χ0) is 10.8. The third-order valence-electron chi connectivity index (χ3n) is 2.24. The van der Waals surface area contributed by atoms with Crippen molar-refractivity contribution in [1.29, 1.82) is 0 Å². The monoisotopic (exact) mass is 217 g/mol. The molecule has 0 aliphatic carbocycles. The molecular formula is C9H16ClN3O. The van der Waals surface area contributed by atoms with Gasteiger partial charge in [-0.3, -0.25) is 4.68 Å². The van der Waals surface area contributed by atoms with E-state index < -0.39 is 5.60 Å². The third-order valence-corrected chi connectivity index (χ3v) is 2.51. The van der Waals surface area contributed by atoms with Crippen LogP contribution in [0, 0.1) is 0 Å². The van der Waals surface area contributed by atoms with E-state index in [9.17, 15) is 5.11 Å². The molecule has 1 atom stereocenters. The van der Waals surface area contributed by atoms with Crippen LogP contribution < -0.4 is 5.73 Å². The number of rotatable bonds is 4. The average Bonchev–Trinajstić information content (AvgIpc) is 2.47. The van der Waals surface area contributed by atoms with E-state index in [-0.39, 0.29) is 0 Å². The summed E-state index contributed by atoms with van der Waals surface area (Å²) >= 11 is 5.96. The lowest BCUT2D eigenvalue weighted by Gasteiger charge is -2.23. The number of halogens is 1. The minimum atomic E-state index is -1.00. The SMILES string of the molecule is CCn1ncc(Cl)c1C(C)(O)CCN. The molecule has 1 rings (SSSR count). The topological polar surface area (TPSA) is 64.1 Å². The van der Waals surface area contributed by atoms with Crippen molar-refractivity contribution in [2.45, 2.75) is 32.4 Å². The molecule has 14 heavy (non-hydrogen) atoms. The Kier molecular flexibility index (Phi) is 3.53. The molecular weight excluding hydrogens is 202 g/mol. The molecule has 0 aliphatic heterocycles. The van der Waals surface area contributed by atoms with Gasteiger partial charge in [0.2, 0.25) is 0 Å². The first-order valence-electron chi connectivity index (χ1n) is 4.67. The first kappa shape index (κ1) is 11.5. The summed E-state index contributed by atoms with van der Waals surface area (Å²) in [5.41, 5.74) is 5.07. The Bertz CT molecular complexity index is 309. The zero-order valence-corrected chi connectivity index (χ0v) is 9.25. The number of nitrogens with zero attached hydrogens (tertiary/aromatic N) is 2. The molecule has 0 spiro atoms. The van der Waals surface area contributed by atoms with Crippen LogP contribution in [0.5, 0.6) is 0 Å². The summed E-state index contributed by atoms with van der Waals surface area (Å²) in [5.74, 6) is 0. The van der Waals surface area contributed by atoms with Gasteiger partial charge in [0.15, 0.2) is 0 Å². The highest BCUT2D eigenvalue weighted by molar-refractivity contribution is 6.31. The number of hydrogen-bond acceptors (Lipinski definition) is 3. The number of aliphatic hydroxyl groups is 1. The third kappa shape index (κ3) is 2.08. The fourth-order valence-corrected chi connectivity index (χ4v) is 1.88. The second-order valence-electron chi connectivity index (χ2n) is 3.47. The summed E-state index contributed by atoms with van der Waals surface area (Å²) in [6.45, 7) is 4.75. The van der Waals surface area contributed by atoms with Gasteiger partial charge in [-0.1, -0.05) is 11.6 Å². The summed E-state index contributed by atoms with van der Waals surface area (Å²) in [5, 5.41) is 14.7. The van der Waals surface area contributed by atoms with Crippen molar-refractivity contribution >= 4 is 11.6 Å². The fraction of sp³-hybridized carbons (Fsp3) is 0.667. The number of aromatic nitrogens is 2. The van der Waals surface area contributed by atoms with Crippen LogP contribution in [-0.2, 0) is 12.1 Å². The largest absolute Gasteiger partial charge is 0.384 e. The van der Waals surface area contributed by atoms with E-state index in [1.54, 1.807) is 17.8 Å². The highest BCUT2D eigenvalue weighted by Crippen LogP contribution is 2.30. The second kappa shape index (κ2) is 4.29. The molecule has 0 aliphatic rings. The molecule has 0 saturated heterocycles. The van der Waals surface area contributed by atoms with Crippen LogP contribution in [0.25, 0.3) is 0 Å². The van der Waals surface area contributed by atoms with Crippen molar-refractivity contribution in [1.82, 2.24) is 9.78 Å². The Morgan fingerprint density at radius 3 is 2.86 bits per heavy atom. The van der Waals surface area contributed by atoms with Gasteiger partial charge in [0, 0.05) is 6.54 Å². The van der Waals surface area contributed by atoms with Crippen molar-refractivity contribution in [3.05, 3.63) is 16.9 Å². The van der Waals surface area contributed by atoms with Gasteiger partial charge in [-0.05, 0) is 26.8 Å². The van der Waals surface area contributed by atoms with E-state index in [0.717, 1.165) is 0 Å². The Morgan fingerprint density at radius 1 is 1.71 bits per heavy atom. The van der Waals surface area contributed by atoms with Gasteiger partial charge >= 0.3 is 0 Å². The van der Waals surface area contributed by atoms with Crippen LogP contribution in [0.4, 0.5) is 0 Å². The normalized spacial score (nSPS) is 15.5. The first-order chi connectivity index (χ1) is 6.53. The summed E-state index contributed by atoms with van der Waals surface area (Å²) in [6.07, 6.45) is 2.02. The molecule has 4 nitrogen and oxygen atoms in total. The van der Waals surface area contributed by atoms with Crippen LogP contribution >= 0.6 is 11.6 Å². The van der Waals surface area contributed by atoms with Crippen molar-refractivity contribution in [3.63, 3.8) is 0 Å². The van der Waals surface area contributed by atoms with Gasteiger partial charge in [-0.15, -0.1) is 0 Å². The predicted octanol–water partition coefficient (Wildman–Crippen LogP) is 1.11. The van der Waals surface area contributed by atoms with Gasteiger partial charge in [0.1, 0.15) is 5.60 Å². The van der Waals surface area contributed by atoms with Crippen LogP contribution in [0.15, 0.2) is 6.20 Å². The quantitative estimate of drug-likeness (QED) is 0.794. The molecule has 1 aromatic heterocycles. The molecule has 0 fully saturated rings. The van der Waals surface area contributed by atoms with Crippen molar-refractivity contribution in [3.8, 4) is 0 Å². The summed E-state index contributed by atoms with van der Waals surface area (Å²) in [6, 6.07) is 0. The molecule has 0 radical (unpaired) electrons. The first-order valence-corrected chi connectivity index (χ1v) is 5.05. The Hall–Kier alpha value is -0.580. The average molecular weight is 218 g/mol. The molecule has 0 aromatic carbocycles. The molecule has 1 unspecified atom stereocenters. The molecule has 1 aromatic rings. The molecule has 3 N–H and O–H groups in total. The maximum Gasteiger partial charge on any atom is 0.106 e. The van der Waals surface area contributed by atoms with Crippen molar-refractivity contribution < 1.29 is 5.11 Å². The minimum absolute atomic E-state index is 0.415. The minimum Gasteiger partial charge on any atom is -0.384 e. The van der Waals surface area contributed by atoms with Gasteiger partial charge < -0.3 is 10.8 Å². The number of nitrogens with two attached hydrogens (primary N) is 1. The molecule has 0 bridgehead atoms.